The molecule has 1 saturated heterocycles. The quantitative estimate of drug-likeness (QED) is 0.200. The molecule has 2 amide bonds. The van der Waals surface area contributed by atoms with E-state index in [1.54, 1.807) is 12.1 Å². The van der Waals surface area contributed by atoms with Gasteiger partial charge in [0.2, 0.25) is 11.8 Å². The van der Waals surface area contributed by atoms with E-state index in [1.807, 2.05) is 74.7 Å². The summed E-state index contributed by atoms with van der Waals surface area (Å²) < 4.78 is 5.86. The Balaban J connectivity index is 1.50. The summed E-state index contributed by atoms with van der Waals surface area (Å²) in [4.78, 5) is 35.4. The molecule has 0 N–H and O–H groups in total. The molecule has 2 atom stereocenters. The molecule has 0 aromatic heterocycles. The van der Waals surface area contributed by atoms with Crippen molar-refractivity contribution in [1.29, 1.82) is 0 Å². The van der Waals surface area contributed by atoms with Crippen LogP contribution in [-0.4, -0.2) is 24.6 Å². The van der Waals surface area contributed by atoms with Gasteiger partial charge < -0.3 is 4.74 Å². The normalized spacial score (nSPS) is 24.3. The summed E-state index contributed by atoms with van der Waals surface area (Å²) in [6.07, 6.45) is 1.90. The fourth-order valence-electron chi connectivity index (χ4n) is 7.11. The molecule has 4 aliphatic rings. The lowest BCUT2D eigenvalue weighted by Gasteiger charge is -2.52. The van der Waals surface area contributed by atoms with Crippen molar-refractivity contribution in [2.45, 2.75) is 25.2 Å². The van der Waals surface area contributed by atoms with Gasteiger partial charge in [-0.2, -0.15) is 0 Å². The summed E-state index contributed by atoms with van der Waals surface area (Å²) in [7, 11) is 0. The van der Waals surface area contributed by atoms with Gasteiger partial charge in [-0.05, 0) is 65.9 Å². The van der Waals surface area contributed by atoms with Crippen molar-refractivity contribution in [3.63, 3.8) is 0 Å². The molecule has 198 valence electrons. The third kappa shape index (κ3) is 3.24. The molecule has 5 nitrogen and oxygen atoms in total. The molecule has 4 aromatic carbocycles. The predicted molar refractivity (Wildman–Crippen MR) is 157 cm³/mol. The van der Waals surface area contributed by atoms with Crippen molar-refractivity contribution in [3.05, 3.63) is 124 Å². The molecule has 40 heavy (non-hydrogen) atoms. The Morgan fingerprint density at radius 1 is 0.875 bits per heavy atom. The molecule has 1 heterocycles. The van der Waals surface area contributed by atoms with Crippen molar-refractivity contribution < 1.29 is 14.3 Å². The number of carbonyl (C=O) groups excluding carboxylic acids is 2. The van der Waals surface area contributed by atoms with Crippen molar-refractivity contribution in [1.82, 2.24) is 0 Å². The van der Waals surface area contributed by atoms with E-state index < -0.39 is 17.3 Å². The molecule has 3 aliphatic carbocycles. The standard InChI is InChI=1S/C34H27ClN2O3/c1-3-40-28-18-9-8-17-27(28)37-32(38)30-29-21-11-4-6-13-23(21)34(31(30)33(37)39,24-14-7-5-12-22(24)29)19-36-26-16-10-15-25(35)20(26)2/h4-19,29-31H,3H2,1-2H3. The van der Waals surface area contributed by atoms with Gasteiger partial charge in [-0.25, -0.2) is 4.90 Å². The molecule has 0 radical (unpaired) electrons. The zero-order valence-corrected chi connectivity index (χ0v) is 22.9. The number of imide groups is 1. The van der Waals surface area contributed by atoms with Crippen LogP contribution in [-0.2, 0) is 15.0 Å². The van der Waals surface area contributed by atoms with E-state index in [0.29, 0.717) is 23.1 Å². The molecule has 4 aromatic rings. The van der Waals surface area contributed by atoms with Gasteiger partial charge in [-0.15, -0.1) is 0 Å². The summed E-state index contributed by atoms with van der Waals surface area (Å²) in [6, 6.07) is 29.3. The van der Waals surface area contributed by atoms with Crippen LogP contribution in [0.3, 0.4) is 0 Å². The van der Waals surface area contributed by atoms with Crippen LogP contribution in [0.15, 0.2) is 96.0 Å². The van der Waals surface area contributed by atoms with Gasteiger partial charge in [0.05, 0.1) is 35.2 Å². The second-order valence-electron chi connectivity index (χ2n) is 10.6. The van der Waals surface area contributed by atoms with Crippen molar-refractivity contribution in [2.75, 3.05) is 11.5 Å². The van der Waals surface area contributed by atoms with Crippen molar-refractivity contribution in [3.8, 4) is 5.75 Å². The molecular weight excluding hydrogens is 520 g/mol. The van der Waals surface area contributed by atoms with E-state index in [4.69, 9.17) is 21.3 Å². The van der Waals surface area contributed by atoms with Crippen molar-refractivity contribution >= 4 is 41.0 Å². The van der Waals surface area contributed by atoms with Crippen LogP contribution in [0.5, 0.6) is 5.75 Å². The summed E-state index contributed by atoms with van der Waals surface area (Å²) in [5, 5.41) is 0.629. The SMILES string of the molecule is CCOc1ccccc1N1C(=O)C2C3c4ccccc4C(C=Nc4cccc(Cl)c4C)(c4ccccc43)C2C1=O. The number of amides is 2. The molecule has 1 aliphatic heterocycles. The number of ether oxygens (including phenoxy) is 1. The van der Waals surface area contributed by atoms with Gasteiger partial charge in [0.25, 0.3) is 0 Å². The number of halogens is 1. The number of carbonyl (C=O) groups is 2. The Kier molecular flexibility index (Phi) is 5.69. The fourth-order valence-corrected chi connectivity index (χ4v) is 7.28. The van der Waals surface area contributed by atoms with Gasteiger partial charge in [0.15, 0.2) is 0 Å². The van der Waals surface area contributed by atoms with Crippen LogP contribution in [0.4, 0.5) is 11.4 Å². The summed E-state index contributed by atoms with van der Waals surface area (Å²) in [5.41, 5.74) is 5.31. The summed E-state index contributed by atoms with van der Waals surface area (Å²) >= 11 is 6.44. The Labute approximate surface area is 238 Å². The Morgan fingerprint density at radius 2 is 1.52 bits per heavy atom. The zero-order valence-electron chi connectivity index (χ0n) is 22.2. The van der Waals surface area contributed by atoms with Crippen LogP contribution < -0.4 is 9.64 Å². The summed E-state index contributed by atoms with van der Waals surface area (Å²) in [6.45, 7) is 4.25. The van der Waals surface area contributed by atoms with Crippen LogP contribution >= 0.6 is 11.6 Å². The Hall–Kier alpha value is -4.22. The zero-order chi connectivity index (χ0) is 27.6. The maximum atomic E-state index is 14.6. The molecule has 8 rings (SSSR count). The van der Waals surface area contributed by atoms with E-state index in [0.717, 1.165) is 33.5 Å². The molecule has 1 fully saturated rings. The first-order valence-corrected chi connectivity index (χ1v) is 14.0. The highest BCUT2D eigenvalue weighted by atomic mass is 35.5. The highest BCUT2D eigenvalue weighted by Crippen LogP contribution is 2.64. The smallest absolute Gasteiger partial charge is 0.239 e. The predicted octanol–water partition coefficient (Wildman–Crippen LogP) is 7.00. The van der Waals surface area contributed by atoms with Crippen LogP contribution in [0, 0.1) is 18.8 Å². The van der Waals surface area contributed by atoms with E-state index in [1.165, 1.54) is 4.90 Å². The second kappa shape index (κ2) is 9.17. The number of para-hydroxylation sites is 2. The average Bonchev–Trinajstić information content (AvgIpc) is 3.25. The monoisotopic (exact) mass is 546 g/mol. The average molecular weight is 547 g/mol. The Morgan fingerprint density at radius 3 is 2.23 bits per heavy atom. The third-order valence-corrected chi connectivity index (χ3v) is 9.15. The second-order valence-corrected chi connectivity index (χ2v) is 11.0. The number of aliphatic imine (C=N–C) groups is 1. The number of hydrogen-bond donors (Lipinski definition) is 0. The topological polar surface area (TPSA) is 59.0 Å². The van der Waals surface area contributed by atoms with Crippen LogP contribution in [0.1, 0.15) is 40.7 Å². The first-order valence-electron chi connectivity index (χ1n) is 13.6. The van der Waals surface area contributed by atoms with E-state index in [2.05, 4.69) is 24.3 Å². The molecule has 0 saturated carbocycles. The lowest BCUT2D eigenvalue weighted by molar-refractivity contribution is -0.122. The largest absolute Gasteiger partial charge is 0.492 e. The number of rotatable bonds is 5. The van der Waals surface area contributed by atoms with Crippen LogP contribution in [0.2, 0.25) is 5.02 Å². The van der Waals surface area contributed by atoms with Gasteiger partial charge in [-0.1, -0.05) is 78.3 Å². The third-order valence-electron chi connectivity index (χ3n) is 8.74. The lowest BCUT2D eigenvalue weighted by atomic mass is 9.47. The van der Waals surface area contributed by atoms with Gasteiger partial charge >= 0.3 is 0 Å². The van der Waals surface area contributed by atoms with Crippen LogP contribution in [0.25, 0.3) is 0 Å². The minimum atomic E-state index is -0.941. The number of benzene rings is 4. The Bertz CT molecular complexity index is 1680. The highest BCUT2D eigenvalue weighted by molar-refractivity contribution is 6.31. The first kappa shape index (κ1) is 24.8. The molecule has 2 bridgehead atoms. The number of nitrogens with zero attached hydrogens (tertiary/aromatic N) is 2. The maximum absolute atomic E-state index is 14.6. The maximum Gasteiger partial charge on any atom is 0.239 e. The van der Waals surface area contributed by atoms with E-state index in [-0.39, 0.29) is 17.7 Å². The van der Waals surface area contributed by atoms with Gasteiger partial charge in [0.1, 0.15) is 5.75 Å². The van der Waals surface area contributed by atoms with Gasteiger partial charge in [0, 0.05) is 17.2 Å². The van der Waals surface area contributed by atoms with E-state index >= 15 is 0 Å². The lowest BCUT2D eigenvalue weighted by Crippen LogP contribution is -2.54. The molecule has 6 heteroatoms. The van der Waals surface area contributed by atoms with Gasteiger partial charge in [-0.3, -0.25) is 14.6 Å². The number of anilines is 1. The van der Waals surface area contributed by atoms with Crippen molar-refractivity contribution in [2.24, 2.45) is 16.8 Å². The summed E-state index contributed by atoms with van der Waals surface area (Å²) in [5.74, 6) is -1.38. The minimum Gasteiger partial charge on any atom is -0.492 e. The fraction of sp³-hybridized carbons (Fsp3) is 0.206. The minimum absolute atomic E-state index is 0.201. The highest BCUT2D eigenvalue weighted by Gasteiger charge is 2.68. The molecule has 0 spiro atoms. The number of hydrogen-bond acceptors (Lipinski definition) is 4. The first-order chi connectivity index (χ1) is 19.5. The molecule has 2 unspecified atom stereocenters. The van der Waals surface area contributed by atoms with E-state index in [9.17, 15) is 9.59 Å². The molecular formula is C34H27ClN2O3.